The molecule has 26 heavy (non-hydrogen) atoms. The Morgan fingerprint density at radius 3 is 2.65 bits per heavy atom. The number of nitrogens with one attached hydrogen (secondary N) is 1. The van der Waals surface area contributed by atoms with Crippen molar-refractivity contribution in [3.63, 3.8) is 0 Å². The van der Waals surface area contributed by atoms with Crippen molar-refractivity contribution in [3.8, 4) is 5.75 Å². The van der Waals surface area contributed by atoms with Crippen LogP contribution in [0.1, 0.15) is 11.1 Å². The highest BCUT2D eigenvalue weighted by molar-refractivity contribution is 8.15. The lowest BCUT2D eigenvalue weighted by molar-refractivity contribution is -0.118. The van der Waals surface area contributed by atoms with E-state index in [0.717, 1.165) is 11.1 Å². The molecule has 8 heteroatoms. The molecular weight excluding hydrogens is 393 g/mol. The number of benzene rings is 2. The molecule has 1 N–H and O–H groups in total. The number of hydrogen-bond acceptors (Lipinski definition) is 5. The van der Waals surface area contributed by atoms with Gasteiger partial charge in [0.15, 0.2) is 5.17 Å². The molecule has 0 aromatic heterocycles. The number of carbonyl (C=O) groups excluding carboxylic acids is 1. The first-order chi connectivity index (χ1) is 12.6. The summed E-state index contributed by atoms with van der Waals surface area (Å²) >= 11 is 13.7. The number of thioether (sulfide) groups is 1. The van der Waals surface area contributed by atoms with Crippen molar-refractivity contribution in [1.82, 2.24) is 5.32 Å². The van der Waals surface area contributed by atoms with E-state index in [1.165, 1.54) is 11.8 Å². The van der Waals surface area contributed by atoms with Gasteiger partial charge in [0.2, 0.25) is 5.91 Å². The second-order valence-electron chi connectivity index (χ2n) is 5.39. The van der Waals surface area contributed by atoms with Crippen LogP contribution in [0.4, 0.5) is 0 Å². The maximum Gasteiger partial charge on any atom is 0.239 e. The summed E-state index contributed by atoms with van der Waals surface area (Å²) < 4.78 is 5.25. The van der Waals surface area contributed by atoms with Gasteiger partial charge in [0, 0.05) is 15.6 Å². The summed E-state index contributed by atoms with van der Waals surface area (Å²) in [5.74, 6) is 0.558. The van der Waals surface area contributed by atoms with Crippen molar-refractivity contribution >= 4 is 52.3 Å². The highest BCUT2D eigenvalue weighted by Gasteiger charge is 2.31. The lowest BCUT2D eigenvalue weighted by Gasteiger charge is -2.09. The quantitative estimate of drug-likeness (QED) is 0.597. The molecule has 1 aliphatic rings. The molecule has 1 amide bonds. The van der Waals surface area contributed by atoms with Gasteiger partial charge in [0.05, 0.1) is 18.6 Å². The van der Waals surface area contributed by atoms with Crippen LogP contribution in [0.5, 0.6) is 5.75 Å². The Bertz CT molecular complexity index is 866. The predicted molar refractivity (Wildman–Crippen MR) is 108 cm³/mol. The first-order valence-corrected chi connectivity index (χ1v) is 9.36. The van der Waals surface area contributed by atoms with Gasteiger partial charge in [-0.25, -0.2) is 0 Å². The molecule has 1 heterocycles. The Kier molecular flexibility index (Phi) is 6.19. The van der Waals surface area contributed by atoms with Crippen molar-refractivity contribution in [1.29, 1.82) is 0 Å². The van der Waals surface area contributed by atoms with Crippen LogP contribution in [0.25, 0.3) is 0 Å². The molecule has 0 radical (unpaired) electrons. The molecule has 2 aromatic carbocycles. The second kappa shape index (κ2) is 8.58. The first-order valence-electron chi connectivity index (χ1n) is 7.73. The molecular formula is C18H15Cl2N3O2S. The molecule has 1 fully saturated rings. The number of amidine groups is 1. The Morgan fingerprint density at radius 2 is 1.92 bits per heavy atom. The van der Waals surface area contributed by atoms with E-state index < -0.39 is 0 Å². The largest absolute Gasteiger partial charge is 0.496 e. The molecule has 1 atom stereocenters. The van der Waals surface area contributed by atoms with Crippen LogP contribution >= 0.6 is 35.0 Å². The van der Waals surface area contributed by atoms with E-state index >= 15 is 0 Å². The van der Waals surface area contributed by atoms with E-state index in [9.17, 15) is 4.79 Å². The lowest BCUT2D eigenvalue weighted by Crippen LogP contribution is -2.26. The van der Waals surface area contributed by atoms with Gasteiger partial charge >= 0.3 is 0 Å². The van der Waals surface area contributed by atoms with Gasteiger partial charge in [-0.1, -0.05) is 53.2 Å². The van der Waals surface area contributed by atoms with E-state index in [1.54, 1.807) is 31.5 Å². The third kappa shape index (κ3) is 4.38. The fourth-order valence-corrected chi connectivity index (χ4v) is 3.91. The van der Waals surface area contributed by atoms with Crippen molar-refractivity contribution in [3.05, 3.63) is 63.6 Å². The average molecular weight is 408 g/mol. The van der Waals surface area contributed by atoms with Gasteiger partial charge in [-0.3, -0.25) is 4.79 Å². The third-order valence-electron chi connectivity index (χ3n) is 3.71. The van der Waals surface area contributed by atoms with Crippen LogP contribution < -0.4 is 10.1 Å². The normalized spacial score (nSPS) is 18.5. The van der Waals surface area contributed by atoms with Gasteiger partial charge in [0.25, 0.3) is 0 Å². The Hall–Kier alpha value is -2.02. The molecule has 0 saturated carbocycles. The van der Waals surface area contributed by atoms with Crippen LogP contribution in [-0.2, 0) is 11.2 Å². The smallest absolute Gasteiger partial charge is 0.239 e. The molecule has 1 aliphatic heterocycles. The molecule has 2 aromatic rings. The van der Waals surface area contributed by atoms with Crippen LogP contribution in [0.15, 0.2) is 52.7 Å². The summed E-state index contributed by atoms with van der Waals surface area (Å²) in [4.78, 5) is 12.2. The maximum atomic E-state index is 12.2. The molecule has 0 spiro atoms. The van der Waals surface area contributed by atoms with Crippen LogP contribution in [0, 0.1) is 0 Å². The zero-order chi connectivity index (χ0) is 18.5. The van der Waals surface area contributed by atoms with Crippen LogP contribution in [0.2, 0.25) is 10.0 Å². The zero-order valence-electron chi connectivity index (χ0n) is 13.8. The number of rotatable bonds is 5. The van der Waals surface area contributed by atoms with E-state index in [2.05, 4.69) is 15.5 Å². The number of halogens is 2. The fraction of sp³-hybridized carbons (Fsp3) is 0.167. The van der Waals surface area contributed by atoms with Gasteiger partial charge in [-0.2, -0.15) is 5.10 Å². The summed E-state index contributed by atoms with van der Waals surface area (Å²) in [5, 5.41) is 12.0. The Morgan fingerprint density at radius 1 is 1.19 bits per heavy atom. The number of ether oxygens (including phenoxy) is 1. The number of carbonyl (C=O) groups is 1. The number of hydrogen-bond donors (Lipinski definition) is 1. The maximum absolute atomic E-state index is 12.2. The van der Waals surface area contributed by atoms with E-state index in [1.807, 2.05) is 24.3 Å². The van der Waals surface area contributed by atoms with E-state index in [4.69, 9.17) is 27.9 Å². The zero-order valence-corrected chi connectivity index (χ0v) is 16.1. The minimum atomic E-state index is -0.354. The molecule has 1 saturated heterocycles. The first kappa shape index (κ1) is 18.8. The van der Waals surface area contributed by atoms with Crippen molar-refractivity contribution in [2.75, 3.05) is 7.11 Å². The average Bonchev–Trinajstić information content (AvgIpc) is 2.98. The van der Waals surface area contributed by atoms with E-state index in [-0.39, 0.29) is 11.2 Å². The summed E-state index contributed by atoms with van der Waals surface area (Å²) in [7, 11) is 1.59. The van der Waals surface area contributed by atoms with Gasteiger partial charge in [0.1, 0.15) is 5.75 Å². The second-order valence-corrected chi connectivity index (χ2v) is 7.40. The number of amides is 1. The molecule has 134 valence electrons. The number of para-hydroxylation sites is 1. The molecule has 0 bridgehead atoms. The Labute approximate surface area is 165 Å². The number of methoxy groups -OCH3 is 1. The van der Waals surface area contributed by atoms with E-state index in [0.29, 0.717) is 27.4 Å². The van der Waals surface area contributed by atoms with Gasteiger partial charge in [-0.15, -0.1) is 5.10 Å². The van der Waals surface area contributed by atoms with Crippen LogP contribution in [-0.4, -0.2) is 29.6 Å². The molecule has 0 aliphatic carbocycles. The fourth-order valence-electron chi connectivity index (χ4n) is 2.42. The SMILES string of the molecule is COc1ccccc1/C=N\N=C1/NC(=O)[C@@H](Cc2c(Cl)cccc2Cl)S1. The predicted octanol–water partition coefficient (Wildman–Crippen LogP) is 4.17. The van der Waals surface area contributed by atoms with Crippen LogP contribution in [0.3, 0.4) is 0 Å². The minimum absolute atomic E-state index is 0.141. The van der Waals surface area contributed by atoms with Crippen molar-refractivity contribution < 1.29 is 9.53 Å². The third-order valence-corrected chi connectivity index (χ3v) is 5.49. The lowest BCUT2D eigenvalue weighted by atomic mass is 10.1. The van der Waals surface area contributed by atoms with Crippen molar-refractivity contribution in [2.45, 2.75) is 11.7 Å². The summed E-state index contributed by atoms with van der Waals surface area (Å²) in [5.41, 5.74) is 1.55. The topological polar surface area (TPSA) is 63.1 Å². The highest BCUT2D eigenvalue weighted by atomic mass is 35.5. The molecule has 5 nitrogen and oxygen atoms in total. The molecule has 3 rings (SSSR count). The number of nitrogens with zero attached hydrogens (tertiary/aromatic N) is 2. The Balaban J connectivity index is 1.69. The summed E-state index contributed by atoms with van der Waals surface area (Å²) in [6.45, 7) is 0. The monoisotopic (exact) mass is 407 g/mol. The van der Waals surface area contributed by atoms with Gasteiger partial charge < -0.3 is 10.1 Å². The highest BCUT2D eigenvalue weighted by Crippen LogP contribution is 2.30. The van der Waals surface area contributed by atoms with Gasteiger partial charge in [-0.05, 0) is 36.2 Å². The van der Waals surface area contributed by atoms with Crippen molar-refractivity contribution in [2.24, 2.45) is 10.2 Å². The summed E-state index contributed by atoms with van der Waals surface area (Å²) in [6, 6.07) is 12.7. The standard InChI is InChI=1S/C18H15Cl2N3O2S/c1-25-15-8-3-2-5-11(15)10-21-23-18-22-17(24)16(26-18)9-12-13(19)6-4-7-14(12)20/h2-8,10,16H,9H2,1H3,(H,22,23,24)/b21-10-/t16-/m1/s1. The minimum Gasteiger partial charge on any atom is -0.496 e. The molecule has 0 unspecified atom stereocenters. The summed E-state index contributed by atoms with van der Waals surface area (Å²) in [6.07, 6.45) is 2.00.